The van der Waals surface area contributed by atoms with Gasteiger partial charge in [0, 0.05) is 31.1 Å². The van der Waals surface area contributed by atoms with Crippen molar-refractivity contribution in [2.75, 3.05) is 20.1 Å². The maximum atomic E-state index is 13.2. The van der Waals surface area contributed by atoms with Crippen molar-refractivity contribution in [1.82, 2.24) is 19.6 Å². The van der Waals surface area contributed by atoms with E-state index in [-0.39, 0.29) is 12.3 Å². The fourth-order valence-corrected chi connectivity index (χ4v) is 3.76. The second-order valence-electron chi connectivity index (χ2n) is 6.97. The lowest BCUT2D eigenvalue weighted by molar-refractivity contribution is -0.136. The molecule has 0 spiro atoms. The summed E-state index contributed by atoms with van der Waals surface area (Å²) in [4.78, 5) is 49.3. The van der Waals surface area contributed by atoms with E-state index >= 15 is 0 Å². The molecule has 2 unspecified atom stereocenters. The van der Waals surface area contributed by atoms with Crippen LogP contribution in [0.15, 0.2) is 59.9 Å². The number of aliphatic imine (C=N–C) groups is 1. The van der Waals surface area contributed by atoms with Gasteiger partial charge in [0.25, 0.3) is 5.91 Å². The lowest BCUT2D eigenvalue weighted by Gasteiger charge is -2.39. The summed E-state index contributed by atoms with van der Waals surface area (Å²) in [6.07, 6.45) is 2.99. The van der Waals surface area contributed by atoms with E-state index < -0.39 is 24.1 Å². The van der Waals surface area contributed by atoms with Crippen molar-refractivity contribution in [3.8, 4) is 0 Å². The fraction of sp³-hybridized carbons (Fsp3) is 0.300. The van der Waals surface area contributed by atoms with Gasteiger partial charge in [-0.3, -0.25) is 14.5 Å². The number of nitrogens with zero attached hydrogens (tertiary/aromatic N) is 5. The second kappa shape index (κ2) is 6.63. The van der Waals surface area contributed by atoms with Crippen molar-refractivity contribution in [3.05, 3.63) is 60.4 Å². The van der Waals surface area contributed by atoms with Crippen molar-refractivity contribution in [2.24, 2.45) is 4.99 Å². The van der Waals surface area contributed by atoms with Crippen LogP contribution in [0.4, 0.5) is 4.79 Å². The topological polar surface area (TPSA) is 76.5 Å². The molecule has 28 heavy (non-hydrogen) atoms. The van der Waals surface area contributed by atoms with Crippen LogP contribution < -0.4 is 0 Å². The third-order valence-electron chi connectivity index (χ3n) is 5.21. The molecule has 3 aliphatic heterocycles. The fourth-order valence-electron chi connectivity index (χ4n) is 3.76. The van der Waals surface area contributed by atoms with Gasteiger partial charge in [-0.25, -0.2) is 9.79 Å². The van der Waals surface area contributed by atoms with E-state index in [1.807, 2.05) is 18.0 Å². The minimum absolute atomic E-state index is 0.283. The number of rotatable bonds is 5. The number of guanidine groups is 1. The van der Waals surface area contributed by atoms with Crippen LogP contribution in [0.25, 0.3) is 0 Å². The van der Waals surface area contributed by atoms with E-state index in [2.05, 4.69) is 11.6 Å². The molecule has 3 aliphatic rings. The van der Waals surface area contributed by atoms with Gasteiger partial charge in [-0.15, -0.1) is 6.58 Å². The first-order chi connectivity index (χ1) is 13.4. The second-order valence-corrected chi connectivity index (χ2v) is 6.97. The van der Waals surface area contributed by atoms with Crippen molar-refractivity contribution in [1.29, 1.82) is 0 Å². The third kappa shape index (κ3) is 2.60. The molecular formula is C20H21N5O3. The molecule has 0 saturated carbocycles. The Kier molecular flexibility index (Phi) is 4.26. The molecule has 1 aromatic rings. The van der Waals surface area contributed by atoms with Crippen LogP contribution in [0.1, 0.15) is 17.3 Å². The highest BCUT2D eigenvalue weighted by atomic mass is 16.2. The lowest BCUT2D eigenvalue weighted by atomic mass is 10.1. The molecule has 8 heteroatoms. The van der Waals surface area contributed by atoms with E-state index in [9.17, 15) is 14.4 Å². The number of carbonyl (C=O) groups is 3. The van der Waals surface area contributed by atoms with Gasteiger partial charge >= 0.3 is 6.03 Å². The molecule has 8 nitrogen and oxygen atoms in total. The molecule has 2 atom stereocenters. The molecule has 0 aliphatic carbocycles. The predicted octanol–water partition coefficient (Wildman–Crippen LogP) is 1.49. The van der Waals surface area contributed by atoms with Gasteiger partial charge in [0.15, 0.2) is 18.0 Å². The van der Waals surface area contributed by atoms with E-state index in [1.165, 1.54) is 4.90 Å². The van der Waals surface area contributed by atoms with Gasteiger partial charge in [0.2, 0.25) is 5.96 Å². The number of ketones is 1. The number of urea groups is 1. The number of allylic oxidation sites excluding steroid dienone is 1. The first kappa shape index (κ1) is 18.0. The molecule has 1 aromatic carbocycles. The molecular weight excluding hydrogens is 358 g/mol. The largest absolute Gasteiger partial charge is 0.328 e. The first-order valence-corrected chi connectivity index (χ1v) is 9.03. The van der Waals surface area contributed by atoms with Crippen LogP contribution in [-0.4, -0.2) is 75.6 Å². The van der Waals surface area contributed by atoms with Crippen LogP contribution in [-0.2, 0) is 4.79 Å². The number of hydrogen-bond donors (Lipinski definition) is 0. The normalized spacial score (nSPS) is 23.5. The zero-order valence-corrected chi connectivity index (χ0v) is 15.8. The van der Waals surface area contributed by atoms with Crippen LogP contribution in [0.5, 0.6) is 0 Å². The number of likely N-dealkylation sites (N-methyl/N-ethyl adjacent to an activating group) is 1. The Morgan fingerprint density at radius 2 is 1.93 bits per heavy atom. The van der Waals surface area contributed by atoms with E-state index in [4.69, 9.17) is 0 Å². The summed E-state index contributed by atoms with van der Waals surface area (Å²) in [7, 11) is 1.60. The standard InChI is InChI=1S/C20H21N5O3/c1-4-10-23-13(2)11-24-16-17(21-19(23)24)22(3)20(28)25(18(16)27)12-15(26)14-8-6-5-7-9-14/h4-9,11,16-17H,1,10,12H2,2-3H3. The molecule has 3 amide bonds. The van der Waals surface area contributed by atoms with Crippen molar-refractivity contribution < 1.29 is 14.4 Å². The van der Waals surface area contributed by atoms with Gasteiger partial charge in [-0.05, 0) is 6.92 Å². The lowest BCUT2D eigenvalue weighted by Crippen LogP contribution is -2.64. The highest BCUT2D eigenvalue weighted by Crippen LogP contribution is 2.33. The SMILES string of the molecule is C=CCN1C(C)=CN2C1=NC1C2C(=O)N(CC(=O)c2ccccc2)C(=O)N1C. The minimum Gasteiger partial charge on any atom is -0.311 e. The molecule has 144 valence electrons. The Bertz CT molecular complexity index is 923. The van der Waals surface area contributed by atoms with Crippen molar-refractivity contribution in [3.63, 3.8) is 0 Å². The summed E-state index contributed by atoms with van der Waals surface area (Å²) in [5.41, 5.74) is 1.40. The molecule has 3 heterocycles. The molecule has 4 rings (SSSR count). The summed E-state index contributed by atoms with van der Waals surface area (Å²) < 4.78 is 0. The van der Waals surface area contributed by atoms with Crippen molar-refractivity contribution >= 4 is 23.7 Å². The summed E-state index contributed by atoms with van der Waals surface area (Å²) in [6.45, 7) is 5.95. The molecule has 0 bridgehead atoms. The Labute approximate surface area is 163 Å². The Morgan fingerprint density at radius 3 is 2.61 bits per heavy atom. The van der Waals surface area contributed by atoms with E-state index in [0.717, 1.165) is 10.6 Å². The number of hydrogen-bond acceptors (Lipinski definition) is 6. The van der Waals surface area contributed by atoms with Crippen LogP contribution >= 0.6 is 0 Å². The van der Waals surface area contributed by atoms with Gasteiger partial charge in [-0.1, -0.05) is 36.4 Å². The van der Waals surface area contributed by atoms with Crippen LogP contribution in [0, 0.1) is 0 Å². The van der Waals surface area contributed by atoms with Gasteiger partial charge in [0.1, 0.15) is 0 Å². The van der Waals surface area contributed by atoms with E-state index in [0.29, 0.717) is 18.1 Å². The number of Topliss-reactive ketones (excluding diaryl/α,β-unsaturated/α-hetero) is 1. The average Bonchev–Trinajstić information content (AvgIpc) is 3.20. The zero-order chi connectivity index (χ0) is 20.0. The monoisotopic (exact) mass is 379 g/mol. The Hall–Kier alpha value is -3.42. The zero-order valence-electron chi connectivity index (χ0n) is 15.8. The van der Waals surface area contributed by atoms with Crippen LogP contribution in [0.2, 0.25) is 0 Å². The number of benzene rings is 1. The highest BCUT2D eigenvalue weighted by molar-refractivity contribution is 6.09. The first-order valence-electron chi connectivity index (χ1n) is 9.03. The molecule has 0 aromatic heterocycles. The summed E-state index contributed by atoms with van der Waals surface area (Å²) >= 11 is 0. The Balaban J connectivity index is 1.61. The number of amides is 3. The summed E-state index contributed by atoms with van der Waals surface area (Å²) in [5, 5.41) is 0. The van der Waals surface area contributed by atoms with Gasteiger partial charge in [0.05, 0.1) is 6.54 Å². The number of fused-ring (bicyclic) bond motifs is 3. The quantitative estimate of drug-likeness (QED) is 0.572. The third-order valence-corrected chi connectivity index (χ3v) is 5.21. The molecule has 1 fully saturated rings. The van der Waals surface area contributed by atoms with Gasteiger partial charge in [-0.2, -0.15) is 0 Å². The average molecular weight is 379 g/mol. The predicted molar refractivity (Wildman–Crippen MR) is 103 cm³/mol. The minimum atomic E-state index is -0.675. The number of imide groups is 1. The smallest absolute Gasteiger partial charge is 0.311 e. The summed E-state index contributed by atoms with van der Waals surface area (Å²) in [6, 6.07) is 7.45. The van der Waals surface area contributed by atoms with Gasteiger partial charge < -0.3 is 14.7 Å². The molecule has 0 radical (unpaired) electrons. The van der Waals surface area contributed by atoms with Crippen LogP contribution in [0.3, 0.4) is 0 Å². The van der Waals surface area contributed by atoms with E-state index in [1.54, 1.807) is 48.4 Å². The highest BCUT2D eigenvalue weighted by Gasteiger charge is 2.54. The number of carbonyl (C=O) groups excluding carboxylic acids is 3. The summed E-state index contributed by atoms with van der Waals surface area (Å²) in [5.74, 6) is -0.0769. The van der Waals surface area contributed by atoms with Crippen molar-refractivity contribution in [2.45, 2.75) is 19.1 Å². The maximum absolute atomic E-state index is 13.2. The maximum Gasteiger partial charge on any atom is 0.328 e. The Morgan fingerprint density at radius 1 is 1.21 bits per heavy atom. The molecule has 0 N–H and O–H groups in total. The molecule has 1 saturated heterocycles.